The van der Waals surface area contributed by atoms with Crippen LogP contribution in [0.2, 0.25) is 0 Å². The first-order valence-corrected chi connectivity index (χ1v) is 8.51. The predicted octanol–water partition coefficient (Wildman–Crippen LogP) is 3.87. The number of carbonyl (C=O) groups excluding carboxylic acids is 1. The smallest absolute Gasteiger partial charge is 0.257 e. The maximum Gasteiger partial charge on any atom is 0.257 e. The summed E-state index contributed by atoms with van der Waals surface area (Å²) in [4.78, 5) is 14.3. The van der Waals surface area contributed by atoms with Gasteiger partial charge in [-0.1, -0.05) is 66.7 Å². The number of amides is 1. The molecule has 0 aliphatic carbocycles. The molecule has 0 saturated heterocycles. The van der Waals surface area contributed by atoms with Crippen LogP contribution in [0.4, 0.5) is 4.39 Å². The van der Waals surface area contributed by atoms with Gasteiger partial charge in [0.1, 0.15) is 5.82 Å². The number of benzene rings is 3. The molecule has 3 aromatic carbocycles. The first-order chi connectivity index (χ1) is 12.6. The molecule has 3 aromatic rings. The van der Waals surface area contributed by atoms with Crippen molar-refractivity contribution < 1.29 is 14.3 Å². The van der Waals surface area contributed by atoms with Crippen LogP contribution in [0.5, 0.6) is 0 Å². The standard InChI is InChI=1S/C22H18FNO2/c23-20-13-7-4-10-17(20)15-24-21(25)18-11-5-6-12-19(18)22(24,26)14-16-8-2-1-3-9-16/h1-13,26H,14-15H2. The Labute approximate surface area is 151 Å². The van der Waals surface area contributed by atoms with E-state index in [1.54, 1.807) is 42.5 Å². The first kappa shape index (κ1) is 16.5. The van der Waals surface area contributed by atoms with Crippen molar-refractivity contribution in [1.29, 1.82) is 0 Å². The molecule has 4 heteroatoms. The zero-order chi connectivity index (χ0) is 18.1. The fourth-order valence-electron chi connectivity index (χ4n) is 3.55. The number of fused-ring (bicyclic) bond motifs is 1. The molecule has 1 aliphatic rings. The Morgan fingerprint density at radius 3 is 2.31 bits per heavy atom. The number of aliphatic hydroxyl groups is 1. The monoisotopic (exact) mass is 347 g/mol. The van der Waals surface area contributed by atoms with Gasteiger partial charge in [0.05, 0.1) is 6.54 Å². The largest absolute Gasteiger partial charge is 0.366 e. The Morgan fingerprint density at radius 2 is 1.54 bits per heavy atom. The maximum atomic E-state index is 14.2. The maximum absolute atomic E-state index is 14.2. The molecule has 1 amide bonds. The fraction of sp³-hybridized carbons (Fsp3) is 0.136. The van der Waals surface area contributed by atoms with Crippen molar-refractivity contribution in [2.24, 2.45) is 0 Å². The van der Waals surface area contributed by atoms with E-state index in [1.165, 1.54) is 11.0 Å². The highest BCUT2D eigenvalue weighted by molar-refractivity contribution is 5.99. The molecule has 1 atom stereocenters. The predicted molar refractivity (Wildman–Crippen MR) is 96.8 cm³/mol. The molecule has 1 N–H and O–H groups in total. The summed E-state index contributed by atoms with van der Waals surface area (Å²) >= 11 is 0. The van der Waals surface area contributed by atoms with Gasteiger partial charge in [0.15, 0.2) is 5.72 Å². The summed E-state index contributed by atoms with van der Waals surface area (Å²) in [7, 11) is 0. The SMILES string of the molecule is O=C1c2ccccc2C(O)(Cc2ccccc2)N1Cc1ccccc1F. The molecule has 0 saturated carbocycles. The second-order valence-electron chi connectivity index (χ2n) is 6.51. The summed E-state index contributed by atoms with van der Waals surface area (Å²) in [5.41, 5.74) is 0.780. The first-order valence-electron chi connectivity index (χ1n) is 8.51. The molecule has 4 rings (SSSR count). The third-order valence-corrected chi connectivity index (χ3v) is 4.86. The summed E-state index contributed by atoms with van der Waals surface area (Å²) < 4.78 is 14.2. The molecule has 1 aliphatic heterocycles. The van der Waals surface area contributed by atoms with Gasteiger partial charge in [-0.05, 0) is 17.7 Å². The van der Waals surface area contributed by atoms with E-state index >= 15 is 0 Å². The summed E-state index contributed by atoms with van der Waals surface area (Å²) in [5, 5.41) is 11.6. The van der Waals surface area contributed by atoms with E-state index in [0.29, 0.717) is 16.7 Å². The minimum atomic E-state index is -1.52. The van der Waals surface area contributed by atoms with Gasteiger partial charge in [-0.2, -0.15) is 0 Å². The van der Waals surface area contributed by atoms with Crippen LogP contribution in [0.25, 0.3) is 0 Å². The van der Waals surface area contributed by atoms with Crippen molar-refractivity contribution in [2.75, 3.05) is 0 Å². The molecular weight excluding hydrogens is 329 g/mol. The van der Waals surface area contributed by atoms with Crippen molar-refractivity contribution in [2.45, 2.75) is 18.7 Å². The molecule has 0 radical (unpaired) electrons. The second kappa shape index (κ2) is 6.39. The Morgan fingerprint density at radius 1 is 0.885 bits per heavy atom. The van der Waals surface area contributed by atoms with E-state index in [4.69, 9.17) is 0 Å². The van der Waals surface area contributed by atoms with Crippen LogP contribution in [-0.2, 0) is 18.7 Å². The summed E-state index contributed by atoms with van der Waals surface area (Å²) in [5.74, 6) is -0.680. The van der Waals surface area contributed by atoms with Crippen LogP contribution in [-0.4, -0.2) is 15.9 Å². The zero-order valence-electron chi connectivity index (χ0n) is 14.1. The topological polar surface area (TPSA) is 40.5 Å². The molecule has 0 bridgehead atoms. The number of hydrogen-bond donors (Lipinski definition) is 1. The molecule has 130 valence electrons. The van der Waals surface area contributed by atoms with Gasteiger partial charge in [0, 0.05) is 23.1 Å². The zero-order valence-corrected chi connectivity index (χ0v) is 14.1. The third kappa shape index (κ3) is 2.68. The molecule has 1 heterocycles. The lowest BCUT2D eigenvalue weighted by molar-refractivity contribution is -0.0881. The molecule has 0 aromatic heterocycles. The molecule has 0 spiro atoms. The van der Waals surface area contributed by atoms with Crippen molar-refractivity contribution in [3.8, 4) is 0 Å². The van der Waals surface area contributed by atoms with E-state index < -0.39 is 11.5 Å². The lowest BCUT2D eigenvalue weighted by Crippen LogP contribution is -2.45. The van der Waals surface area contributed by atoms with E-state index in [9.17, 15) is 14.3 Å². The van der Waals surface area contributed by atoms with Gasteiger partial charge in [-0.15, -0.1) is 0 Å². The van der Waals surface area contributed by atoms with Gasteiger partial charge < -0.3 is 10.0 Å². The number of rotatable bonds is 4. The molecular formula is C22H18FNO2. The molecule has 1 unspecified atom stereocenters. The van der Waals surface area contributed by atoms with Crippen LogP contribution in [0, 0.1) is 5.82 Å². The van der Waals surface area contributed by atoms with Crippen molar-refractivity contribution in [3.63, 3.8) is 0 Å². The average Bonchev–Trinajstić information content (AvgIpc) is 2.86. The number of halogens is 1. The van der Waals surface area contributed by atoms with Gasteiger partial charge in [-0.25, -0.2) is 4.39 Å². The van der Waals surface area contributed by atoms with E-state index in [0.717, 1.165) is 5.56 Å². The minimum absolute atomic E-state index is 0.00349. The highest BCUT2D eigenvalue weighted by atomic mass is 19.1. The van der Waals surface area contributed by atoms with Crippen molar-refractivity contribution in [1.82, 2.24) is 4.90 Å². The Hall–Kier alpha value is -2.98. The number of nitrogens with zero attached hydrogens (tertiary/aromatic N) is 1. The highest BCUT2D eigenvalue weighted by Crippen LogP contribution is 2.40. The average molecular weight is 347 g/mol. The summed E-state index contributed by atoms with van der Waals surface area (Å²) in [6.45, 7) is 0.00349. The number of hydrogen-bond acceptors (Lipinski definition) is 2. The quantitative estimate of drug-likeness (QED) is 0.778. The van der Waals surface area contributed by atoms with Gasteiger partial charge in [0.2, 0.25) is 0 Å². The van der Waals surface area contributed by atoms with Crippen LogP contribution < -0.4 is 0 Å². The van der Waals surface area contributed by atoms with E-state index in [-0.39, 0.29) is 18.9 Å². The minimum Gasteiger partial charge on any atom is -0.366 e. The second-order valence-corrected chi connectivity index (χ2v) is 6.51. The van der Waals surface area contributed by atoms with Crippen molar-refractivity contribution >= 4 is 5.91 Å². The van der Waals surface area contributed by atoms with Crippen LogP contribution in [0.3, 0.4) is 0 Å². The lowest BCUT2D eigenvalue weighted by atomic mass is 9.94. The van der Waals surface area contributed by atoms with Gasteiger partial charge >= 0.3 is 0 Å². The van der Waals surface area contributed by atoms with E-state index in [2.05, 4.69) is 0 Å². The highest BCUT2D eigenvalue weighted by Gasteiger charge is 2.48. The Balaban J connectivity index is 1.78. The lowest BCUT2D eigenvalue weighted by Gasteiger charge is -2.35. The molecule has 26 heavy (non-hydrogen) atoms. The Bertz CT molecular complexity index is 957. The normalized spacial score (nSPS) is 18.8. The Kier molecular flexibility index (Phi) is 4.05. The van der Waals surface area contributed by atoms with Crippen molar-refractivity contribution in [3.05, 3.63) is 107 Å². The van der Waals surface area contributed by atoms with Crippen LogP contribution in [0.15, 0.2) is 78.9 Å². The van der Waals surface area contributed by atoms with E-state index in [1.807, 2.05) is 30.3 Å². The van der Waals surface area contributed by atoms with Gasteiger partial charge in [0.25, 0.3) is 5.91 Å². The van der Waals surface area contributed by atoms with Crippen LogP contribution >= 0.6 is 0 Å². The van der Waals surface area contributed by atoms with Gasteiger partial charge in [-0.3, -0.25) is 4.79 Å². The fourth-order valence-corrected chi connectivity index (χ4v) is 3.55. The third-order valence-electron chi connectivity index (χ3n) is 4.86. The summed E-state index contributed by atoms with van der Waals surface area (Å²) in [6, 6.07) is 22.9. The van der Waals surface area contributed by atoms with Crippen LogP contribution in [0.1, 0.15) is 27.0 Å². The number of carbonyl (C=O) groups is 1. The summed E-state index contributed by atoms with van der Waals surface area (Å²) in [6.07, 6.45) is 0.241. The molecule has 3 nitrogen and oxygen atoms in total. The molecule has 0 fully saturated rings.